The Morgan fingerprint density at radius 2 is 2.15 bits per heavy atom. The molecule has 3 nitrogen and oxygen atoms in total. The lowest BCUT2D eigenvalue weighted by Gasteiger charge is -2.31. The second-order valence-electron chi connectivity index (χ2n) is 6.16. The predicted octanol–water partition coefficient (Wildman–Crippen LogP) is 4.69. The van der Waals surface area contributed by atoms with E-state index in [-0.39, 0.29) is 12.1 Å². The molecule has 0 spiro atoms. The first kappa shape index (κ1) is 15.4. The van der Waals surface area contributed by atoms with E-state index in [2.05, 4.69) is 34.1 Å². The summed E-state index contributed by atoms with van der Waals surface area (Å²) in [5.74, 6) is 0. The first-order valence-corrected chi connectivity index (χ1v) is 7.89. The van der Waals surface area contributed by atoms with Gasteiger partial charge in [0, 0.05) is 11.0 Å². The molecule has 20 heavy (non-hydrogen) atoms. The minimum atomic E-state index is -0.455. The molecule has 1 aromatic carbocycles. The fourth-order valence-electron chi connectivity index (χ4n) is 2.67. The third kappa shape index (κ3) is 3.35. The Labute approximate surface area is 129 Å². The number of fused-ring (bicyclic) bond motifs is 1. The molecule has 0 heterocycles. The quantitative estimate of drug-likeness (QED) is 0.781. The van der Waals surface area contributed by atoms with Crippen molar-refractivity contribution in [2.75, 3.05) is 6.54 Å². The number of carbonyl (C=O) groups excluding carboxylic acids is 1. The SMILES string of the molecule is CCN(C(=O)OC(C)(C)C)[C@@H]1CCc2ccc(Br)cc21. The van der Waals surface area contributed by atoms with Gasteiger partial charge in [0.1, 0.15) is 5.60 Å². The summed E-state index contributed by atoms with van der Waals surface area (Å²) in [6, 6.07) is 6.45. The van der Waals surface area contributed by atoms with Crippen LogP contribution < -0.4 is 0 Å². The van der Waals surface area contributed by atoms with Gasteiger partial charge in [-0.15, -0.1) is 0 Å². The molecule has 0 N–H and O–H groups in total. The molecule has 0 radical (unpaired) electrons. The number of hydrogen-bond acceptors (Lipinski definition) is 2. The molecular weight excluding hydrogens is 318 g/mol. The van der Waals surface area contributed by atoms with Gasteiger partial charge in [-0.2, -0.15) is 0 Å². The van der Waals surface area contributed by atoms with Crippen LogP contribution in [0.25, 0.3) is 0 Å². The summed E-state index contributed by atoms with van der Waals surface area (Å²) >= 11 is 3.51. The van der Waals surface area contributed by atoms with Gasteiger partial charge >= 0.3 is 6.09 Å². The van der Waals surface area contributed by atoms with Crippen LogP contribution in [0.4, 0.5) is 4.79 Å². The summed E-state index contributed by atoms with van der Waals surface area (Å²) in [6.45, 7) is 8.36. The van der Waals surface area contributed by atoms with Gasteiger partial charge in [0.05, 0.1) is 6.04 Å². The molecule has 0 saturated heterocycles. The number of benzene rings is 1. The Morgan fingerprint density at radius 1 is 1.45 bits per heavy atom. The maximum Gasteiger partial charge on any atom is 0.410 e. The number of carbonyl (C=O) groups is 1. The smallest absolute Gasteiger partial charge is 0.410 e. The maximum atomic E-state index is 12.4. The van der Waals surface area contributed by atoms with Crippen LogP contribution in [0.2, 0.25) is 0 Å². The standard InChI is InChI=1S/C16H22BrNO2/c1-5-18(15(19)20-16(2,3)4)14-9-7-11-6-8-12(17)10-13(11)14/h6,8,10,14H,5,7,9H2,1-4H3/t14-/m1/s1. The number of nitrogens with zero attached hydrogens (tertiary/aromatic N) is 1. The molecule has 110 valence electrons. The third-order valence-corrected chi connectivity index (χ3v) is 3.99. The lowest BCUT2D eigenvalue weighted by atomic mass is 10.1. The fourth-order valence-corrected chi connectivity index (χ4v) is 3.05. The first-order chi connectivity index (χ1) is 9.31. The summed E-state index contributed by atoms with van der Waals surface area (Å²) in [6.07, 6.45) is 1.77. The molecule has 1 atom stereocenters. The van der Waals surface area contributed by atoms with Gasteiger partial charge < -0.3 is 9.64 Å². The lowest BCUT2D eigenvalue weighted by molar-refractivity contribution is 0.0171. The number of hydrogen-bond donors (Lipinski definition) is 0. The average Bonchev–Trinajstić information content (AvgIpc) is 2.71. The van der Waals surface area contributed by atoms with Crippen LogP contribution >= 0.6 is 15.9 Å². The summed E-state index contributed by atoms with van der Waals surface area (Å²) in [5, 5.41) is 0. The zero-order valence-corrected chi connectivity index (χ0v) is 14.2. The Hall–Kier alpha value is -1.03. The van der Waals surface area contributed by atoms with Crippen LogP contribution in [0.5, 0.6) is 0 Å². The summed E-state index contributed by atoms with van der Waals surface area (Å²) < 4.78 is 6.58. The van der Waals surface area contributed by atoms with E-state index in [9.17, 15) is 4.79 Å². The molecule has 1 amide bonds. The minimum Gasteiger partial charge on any atom is -0.444 e. The molecule has 1 aliphatic rings. The van der Waals surface area contributed by atoms with Crippen LogP contribution in [0.1, 0.15) is 51.3 Å². The molecule has 1 aromatic rings. The van der Waals surface area contributed by atoms with Gasteiger partial charge in [0.25, 0.3) is 0 Å². The van der Waals surface area contributed by atoms with Crippen molar-refractivity contribution < 1.29 is 9.53 Å². The Kier molecular flexibility index (Phi) is 4.43. The predicted molar refractivity (Wildman–Crippen MR) is 83.8 cm³/mol. The van der Waals surface area contributed by atoms with Gasteiger partial charge in [-0.1, -0.05) is 22.0 Å². The highest BCUT2D eigenvalue weighted by Crippen LogP contribution is 2.37. The lowest BCUT2D eigenvalue weighted by Crippen LogP contribution is -2.38. The van der Waals surface area contributed by atoms with Crippen LogP contribution in [0, 0.1) is 0 Å². The van der Waals surface area contributed by atoms with E-state index in [1.54, 1.807) is 0 Å². The summed E-state index contributed by atoms with van der Waals surface area (Å²) in [7, 11) is 0. The van der Waals surface area contributed by atoms with Gasteiger partial charge in [-0.25, -0.2) is 4.79 Å². The monoisotopic (exact) mass is 339 g/mol. The Balaban J connectivity index is 2.23. The van der Waals surface area contributed by atoms with E-state index in [0.717, 1.165) is 17.3 Å². The van der Waals surface area contributed by atoms with Crippen LogP contribution in [-0.4, -0.2) is 23.1 Å². The zero-order valence-electron chi connectivity index (χ0n) is 12.6. The van der Waals surface area contributed by atoms with E-state index < -0.39 is 5.60 Å². The minimum absolute atomic E-state index is 0.127. The van der Waals surface area contributed by atoms with Crippen molar-refractivity contribution in [3.63, 3.8) is 0 Å². The second kappa shape index (κ2) is 5.76. The molecule has 4 heteroatoms. The first-order valence-electron chi connectivity index (χ1n) is 7.10. The van der Waals surface area contributed by atoms with E-state index >= 15 is 0 Å². The fraction of sp³-hybridized carbons (Fsp3) is 0.562. The maximum absolute atomic E-state index is 12.4. The van der Waals surface area contributed by atoms with Crippen molar-refractivity contribution in [3.8, 4) is 0 Å². The largest absolute Gasteiger partial charge is 0.444 e. The van der Waals surface area contributed by atoms with Crippen LogP contribution in [0.15, 0.2) is 22.7 Å². The van der Waals surface area contributed by atoms with Crippen LogP contribution in [-0.2, 0) is 11.2 Å². The number of aryl methyl sites for hydroxylation is 1. The van der Waals surface area contributed by atoms with Crippen molar-refractivity contribution >= 4 is 22.0 Å². The molecule has 0 unspecified atom stereocenters. The van der Waals surface area contributed by atoms with Crippen molar-refractivity contribution in [2.24, 2.45) is 0 Å². The summed E-state index contributed by atoms with van der Waals surface area (Å²) in [4.78, 5) is 14.2. The van der Waals surface area contributed by atoms with E-state index in [0.29, 0.717) is 6.54 Å². The van der Waals surface area contributed by atoms with Gasteiger partial charge in [-0.05, 0) is 63.8 Å². The molecule has 2 rings (SSSR count). The van der Waals surface area contributed by atoms with E-state index in [1.165, 1.54) is 11.1 Å². The number of halogens is 1. The molecule has 1 aliphatic carbocycles. The van der Waals surface area contributed by atoms with Gasteiger partial charge in [0.2, 0.25) is 0 Å². The van der Waals surface area contributed by atoms with E-state index in [1.807, 2.05) is 32.6 Å². The highest BCUT2D eigenvalue weighted by molar-refractivity contribution is 9.10. The van der Waals surface area contributed by atoms with Gasteiger partial charge in [0.15, 0.2) is 0 Å². The van der Waals surface area contributed by atoms with Gasteiger partial charge in [-0.3, -0.25) is 0 Å². The molecule has 0 aromatic heterocycles. The number of amides is 1. The van der Waals surface area contributed by atoms with Crippen LogP contribution in [0.3, 0.4) is 0 Å². The van der Waals surface area contributed by atoms with Crippen molar-refractivity contribution in [3.05, 3.63) is 33.8 Å². The molecule has 0 saturated carbocycles. The Bertz CT molecular complexity index is 508. The zero-order chi connectivity index (χ0) is 14.9. The second-order valence-corrected chi connectivity index (χ2v) is 7.08. The van der Waals surface area contributed by atoms with Crippen molar-refractivity contribution in [1.82, 2.24) is 4.90 Å². The normalized spacial score (nSPS) is 17.8. The van der Waals surface area contributed by atoms with Crippen molar-refractivity contribution in [2.45, 2.75) is 52.2 Å². The summed E-state index contributed by atoms with van der Waals surface area (Å²) in [5.41, 5.74) is 2.12. The topological polar surface area (TPSA) is 29.5 Å². The van der Waals surface area contributed by atoms with Crippen molar-refractivity contribution in [1.29, 1.82) is 0 Å². The molecule has 0 aliphatic heterocycles. The highest BCUT2D eigenvalue weighted by atomic mass is 79.9. The van der Waals surface area contributed by atoms with E-state index in [4.69, 9.17) is 4.74 Å². The highest BCUT2D eigenvalue weighted by Gasteiger charge is 2.32. The molecule has 0 fully saturated rings. The number of rotatable bonds is 2. The Morgan fingerprint density at radius 3 is 2.75 bits per heavy atom. The molecule has 0 bridgehead atoms. The molecular formula is C16H22BrNO2. The number of ether oxygens (including phenoxy) is 1. The third-order valence-electron chi connectivity index (χ3n) is 3.50. The average molecular weight is 340 g/mol.